The second-order valence-electron chi connectivity index (χ2n) is 2.48. The molecule has 0 saturated carbocycles. The molecular formula is C9H11NaO4. The summed E-state index contributed by atoms with van der Waals surface area (Å²) in [5.74, 6) is -0.704. The van der Waals surface area contributed by atoms with Crippen molar-refractivity contribution in [3.63, 3.8) is 0 Å². The van der Waals surface area contributed by atoms with Crippen LogP contribution in [0.2, 0.25) is 0 Å². The molecule has 0 radical (unpaired) electrons. The average Bonchev–Trinajstić information content (AvgIpc) is 2.11. The van der Waals surface area contributed by atoms with Gasteiger partial charge in [-0.05, 0) is 12.1 Å². The van der Waals surface area contributed by atoms with Crippen molar-refractivity contribution in [1.29, 1.82) is 0 Å². The van der Waals surface area contributed by atoms with E-state index in [-0.39, 0.29) is 59.2 Å². The van der Waals surface area contributed by atoms with Crippen molar-refractivity contribution in [3.05, 3.63) is 18.2 Å². The van der Waals surface area contributed by atoms with E-state index in [2.05, 4.69) is 0 Å². The molecule has 5 heteroatoms. The first-order valence-electron chi connectivity index (χ1n) is 3.86. The van der Waals surface area contributed by atoms with Crippen LogP contribution in [0, 0.1) is 0 Å². The molecule has 1 aromatic carbocycles. The molecule has 0 saturated heterocycles. The molecular weight excluding hydrogens is 195 g/mol. The molecule has 72 valence electrons. The van der Waals surface area contributed by atoms with Gasteiger partial charge in [-0.15, -0.1) is 0 Å². The monoisotopic (exact) mass is 206 g/mol. The van der Waals surface area contributed by atoms with Crippen LogP contribution in [0.1, 0.15) is 13.3 Å². The molecule has 0 heterocycles. The summed E-state index contributed by atoms with van der Waals surface area (Å²) in [5, 5.41) is 18.0. The third kappa shape index (κ3) is 3.57. The van der Waals surface area contributed by atoms with E-state index in [0.717, 1.165) is 0 Å². The van der Waals surface area contributed by atoms with Gasteiger partial charge in [-0.3, -0.25) is 4.79 Å². The van der Waals surface area contributed by atoms with E-state index in [9.17, 15) is 4.79 Å². The summed E-state index contributed by atoms with van der Waals surface area (Å²) in [6.45, 7) is 1.67. The van der Waals surface area contributed by atoms with Gasteiger partial charge in [0.25, 0.3) is 0 Å². The molecule has 1 aromatic rings. The van der Waals surface area contributed by atoms with E-state index < -0.39 is 0 Å². The quantitative estimate of drug-likeness (QED) is 0.324. The van der Waals surface area contributed by atoms with E-state index in [1.165, 1.54) is 18.2 Å². The van der Waals surface area contributed by atoms with E-state index in [0.29, 0.717) is 0 Å². The minimum atomic E-state index is -0.384. The Hall–Kier alpha value is -0.710. The summed E-state index contributed by atoms with van der Waals surface area (Å²) >= 11 is 0. The van der Waals surface area contributed by atoms with Gasteiger partial charge in [0.1, 0.15) is 5.75 Å². The number of hydrogen-bond donors (Lipinski definition) is 2. The van der Waals surface area contributed by atoms with Crippen molar-refractivity contribution in [2.24, 2.45) is 0 Å². The van der Waals surface area contributed by atoms with Crippen molar-refractivity contribution in [1.82, 2.24) is 0 Å². The maximum atomic E-state index is 10.8. The number of rotatable bonds is 2. The number of aromatic hydroxyl groups is 2. The summed E-state index contributed by atoms with van der Waals surface area (Å²) in [7, 11) is 0. The zero-order chi connectivity index (χ0) is 9.84. The van der Waals surface area contributed by atoms with Crippen molar-refractivity contribution in [2.75, 3.05) is 0 Å². The topological polar surface area (TPSA) is 66.8 Å². The maximum absolute atomic E-state index is 10.8. The van der Waals surface area contributed by atoms with Crippen LogP contribution in [0.3, 0.4) is 0 Å². The molecule has 0 atom stereocenters. The predicted molar refractivity (Wildman–Crippen MR) is 52.8 cm³/mol. The molecule has 0 amide bonds. The van der Waals surface area contributed by atoms with Gasteiger partial charge in [0.05, 0.1) is 0 Å². The normalized spacial score (nSPS) is 8.93. The van der Waals surface area contributed by atoms with Crippen LogP contribution in [0.5, 0.6) is 17.2 Å². The third-order valence-corrected chi connectivity index (χ3v) is 1.47. The van der Waals surface area contributed by atoms with Crippen LogP contribution >= 0.6 is 0 Å². The molecule has 0 aliphatic heterocycles. The summed E-state index contributed by atoms with van der Waals surface area (Å²) in [6.07, 6.45) is 0.266. The summed E-state index contributed by atoms with van der Waals surface area (Å²) in [4.78, 5) is 10.8. The third-order valence-electron chi connectivity index (χ3n) is 1.47. The van der Waals surface area contributed by atoms with Crippen molar-refractivity contribution in [3.8, 4) is 17.2 Å². The Bertz CT molecular complexity index is 325. The number of phenols is 2. The van der Waals surface area contributed by atoms with Gasteiger partial charge in [-0.1, -0.05) is 6.92 Å². The zero-order valence-electron chi connectivity index (χ0n) is 7.15. The van der Waals surface area contributed by atoms with Crippen molar-refractivity contribution >= 4 is 35.5 Å². The van der Waals surface area contributed by atoms with Gasteiger partial charge in [-0.2, -0.15) is 0 Å². The average molecular weight is 206 g/mol. The Morgan fingerprint density at radius 2 is 2.00 bits per heavy atom. The van der Waals surface area contributed by atoms with Gasteiger partial charge in [0.2, 0.25) is 0 Å². The van der Waals surface area contributed by atoms with Crippen LogP contribution in [-0.2, 0) is 4.79 Å². The van der Waals surface area contributed by atoms with Crippen molar-refractivity contribution < 1.29 is 19.7 Å². The SMILES string of the molecule is CCC(=O)Oc1ccc(O)c(O)c1.[NaH]. The fourth-order valence-electron chi connectivity index (χ4n) is 0.770. The Labute approximate surface area is 104 Å². The number of phenolic OH excluding ortho intramolecular Hbond substituents is 2. The van der Waals surface area contributed by atoms with E-state index in [1.54, 1.807) is 6.92 Å². The van der Waals surface area contributed by atoms with Gasteiger partial charge in [0.15, 0.2) is 11.5 Å². The van der Waals surface area contributed by atoms with Crippen molar-refractivity contribution in [2.45, 2.75) is 13.3 Å². The van der Waals surface area contributed by atoms with E-state index >= 15 is 0 Å². The molecule has 0 unspecified atom stereocenters. The number of hydrogen-bond acceptors (Lipinski definition) is 4. The second-order valence-corrected chi connectivity index (χ2v) is 2.48. The van der Waals surface area contributed by atoms with E-state index in [1.807, 2.05) is 0 Å². The van der Waals surface area contributed by atoms with E-state index in [4.69, 9.17) is 14.9 Å². The molecule has 0 aromatic heterocycles. The van der Waals surface area contributed by atoms with Crippen LogP contribution in [-0.4, -0.2) is 45.7 Å². The molecule has 0 bridgehead atoms. The van der Waals surface area contributed by atoms with Gasteiger partial charge < -0.3 is 14.9 Å². The summed E-state index contributed by atoms with van der Waals surface area (Å²) in [6, 6.07) is 3.85. The number of carbonyl (C=O) groups excluding carboxylic acids is 1. The molecule has 1 rings (SSSR count). The first-order valence-corrected chi connectivity index (χ1v) is 3.86. The van der Waals surface area contributed by atoms with Crippen LogP contribution in [0.25, 0.3) is 0 Å². The summed E-state index contributed by atoms with van der Waals surface area (Å²) in [5.41, 5.74) is 0. The number of carbonyl (C=O) groups is 1. The van der Waals surface area contributed by atoms with Gasteiger partial charge in [0, 0.05) is 12.5 Å². The van der Waals surface area contributed by atoms with Crippen LogP contribution in [0.4, 0.5) is 0 Å². The minimum absolute atomic E-state index is 0. The van der Waals surface area contributed by atoms with Gasteiger partial charge in [-0.25, -0.2) is 0 Å². The molecule has 0 aliphatic rings. The van der Waals surface area contributed by atoms with Crippen LogP contribution in [0.15, 0.2) is 18.2 Å². The predicted octanol–water partition coefficient (Wildman–Crippen LogP) is 0.765. The molecule has 14 heavy (non-hydrogen) atoms. The molecule has 4 nitrogen and oxygen atoms in total. The number of benzene rings is 1. The Balaban J connectivity index is 0.00000169. The fourth-order valence-corrected chi connectivity index (χ4v) is 0.770. The fraction of sp³-hybridized carbons (Fsp3) is 0.222. The first-order chi connectivity index (χ1) is 6.13. The first kappa shape index (κ1) is 13.3. The standard InChI is InChI=1S/C9H10O4.Na.H/c1-2-9(12)13-6-3-4-7(10)8(11)5-6;;/h3-5,10-11H,2H2,1H3;;. The second kappa shape index (κ2) is 5.90. The number of esters is 1. The molecule has 0 aliphatic carbocycles. The molecule has 0 fully saturated rings. The van der Waals surface area contributed by atoms with Gasteiger partial charge >= 0.3 is 35.5 Å². The zero-order valence-corrected chi connectivity index (χ0v) is 7.15. The number of ether oxygens (including phenoxy) is 1. The Kier molecular flexibility index (Phi) is 5.60. The Morgan fingerprint density at radius 3 is 2.50 bits per heavy atom. The molecule has 2 N–H and O–H groups in total. The molecule has 0 spiro atoms. The van der Waals surface area contributed by atoms with Crippen LogP contribution < -0.4 is 4.74 Å². The summed E-state index contributed by atoms with van der Waals surface area (Å²) < 4.78 is 4.79. The Morgan fingerprint density at radius 1 is 1.36 bits per heavy atom.